The lowest BCUT2D eigenvalue weighted by atomic mass is 10.0. The molecule has 1 N–H and O–H groups in total. The fourth-order valence-corrected chi connectivity index (χ4v) is 4.03. The Bertz CT molecular complexity index is 398. The molecule has 0 aliphatic carbocycles. The van der Waals surface area contributed by atoms with Crippen LogP contribution in [0.15, 0.2) is 22.7 Å². The third-order valence-corrected chi connectivity index (χ3v) is 4.76. The highest BCUT2D eigenvalue weighted by Gasteiger charge is 2.26. The lowest BCUT2D eigenvalue weighted by Gasteiger charge is -2.35. The van der Waals surface area contributed by atoms with E-state index in [1.807, 2.05) is 24.9 Å². The molecule has 5 heteroatoms. The summed E-state index contributed by atoms with van der Waals surface area (Å²) >= 11 is 5.14. The third kappa shape index (κ3) is 3.70. The topological polar surface area (TPSA) is 23.5 Å². The Hall–Kier alpha value is -0.100. The van der Waals surface area contributed by atoms with Gasteiger partial charge in [-0.15, -0.1) is 0 Å². The molecule has 100 valence electrons. The second-order valence-electron chi connectivity index (χ2n) is 4.67. The van der Waals surface area contributed by atoms with Gasteiger partial charge in [0.05, 0.1) is 6.10 Å². The van der Waals surface area contributed by atoms with Gasteiger partial charge >= 0.3 is 0 Å². The molecule has 1 fully saturated rings. The molecule has 0 spiro atoms. The monoisotopic (exact) mass is 333 g/mol. The number of rotatable bonds is 3. The van der Waals surface area contributed by atoms with Gasteiger partial charge in [0.15, 0.2) is 0 Å². The number of hydrogen-bond donors (Lipinski definition) is 1. The highest BCUT2D eigenvalue weighted by molar-refractivity contribution is 9.10. The first-order valence-corrected chi connectivity index (χ1v) is 7.92. The van der Waals surface area contributed by atoms with Gasteiger partial charge in [0.25, 0.3) is 0 Å². The maximum atomic E-state index is 13.3. The van der Waals surface area contributed by atoms with E-state index >= 15 is 0 Å². The quantitative estimate of drug-likeness (QED) is 0.919. The van der Waals surface area contributed by atoms with Crippen molar-refractivity contribution in [2.45, 2.75) is 18.6 Å². The van der Waals surface area contributed by atoms with Crippen LogP contribution in [0, 0.1) is 5.82 Å². The van der Waals surface area contributed by atoms with Crippen molar-refractivity contribution >= 4 is 27.7 Å². The Labute approximate surface area is 120 Å². The smallest absolute Gasteiger partial charge is 0.124 e. The molecule has 18 heavy (non-hydrogen) atoms. The molecule has 1 aliphatic heterocycles. The molecule has 0 amide bonds. The molecule has 0 saturated carbocycles. The van der Waals surface area contributed by atoms with Gasteiger partial charge in [-0.05, 0) is 30.8 Å². The zero-order valence-corrected chi connectivity index (χ0v) is 12.7. The van der Waals surface area contributed by atoms with Gasteiger partial charge in [-0.1, -0.05) is 15.9 Å². The van der Waals surface area contributed by atoms with Crippen LogP contribution in [0.5, 0.6) is 0 Å². The number of halogens is 2. The van der Waals surface area contributed by atoms with E-state index in [2.05, 4.69) is 20.8 Å². The van der Waals surface area contributed by atoms with Crippen molar-refractivity contribution in [3.8, 4) is 0 Å². The van der Waals surface area contributed by atoms with Crippen LogP contribution >= 0.6 is 27.7 Å². The summed E-state index contributed by atoms with van der Waals surface area (Å²) in [5.74, 6) is 1.79. The Morgan fingerprint density at radius 2 is 2.33 bits per heavy atom. The minimum Gasteiger partial charge on any atom is -0.391 e. The lowest BCUT2D eigenvalue weighted by Crippen LogP contribution is -2.47. The van der Waals surface area contributed by atoms with Crippen molar-refractivity contribution < 1.29 is 9.50 Å². The summed E-state index contributed by atoms with van der Waals surface area (Å²) in [5, 5.41) is 10.3. The highest BCUT2D eigenvalue weighted by Crippen LogP contribution is 2.21. The minimum atomic E-state index is -0.448. The van der Waals surface area contributed by atoms with Crippen LogP contribution in [0.3, 0.4) is 0 Å². The van der Waals surface area contributed by atoms with Crippen LogP contribution < -0.4 is 0 Å². The highest BCUT2D eigenvalue weighted by atomic mass is 79.9. The molecule has 1 aromatic carbocycles. The van der Waals surface area contributed by atoms with Crippen molar-refractivity contribution in [1.82, 2.24) is 4.90 Å². The number of hydrogen-bond acceptors (Lipinski definition) is 3. The van der Waals surface area contributed by atoms with E-state index in [0.717, 1.165) is 28.1 Å². The molecule has 0 radical (unpaired) electrons. The molecule has 2 nitrogen and oxygen atoms in total. The number of nitrogens with zero attached hydrogens (tertiary/aromatic N) is 1. The van der Waals surface area contributed by atoms with Crippen LogP contribution in [-0.2, 0) is 6.42 Å². The Kier molecular flexibility index (Phi) is 5.06. The lowest BCUT2D eigenvalue weighted by molar-refractivity contribution is 0.0763. The van der Waals surface area contributed by atoms with Gasteiger partial charge < -0.3 is 5.11 Å². The number of benzene rings is 1. The number of aliphatic hydroxyl groups is 1. The molecule has 2 rings (SSSR count). The fraction of sp³-hybridized carbons (Fsp3) is 0.538. The van der Waals surface area contributed by atoms with E-state index in [9.17, 15) is 9.50 Å². The van der Waals surface area contributed by atoms with Crippen LogP contribution in [0.2, 0.25) is 0 Å². The minimum absolute atomic E-state index is 0.158. The van der Waals surface area contributed by atoms with Gasteiger partial charge in [-0.25, -0.2) is 4.39 Å². The maximum Gasteiger partial charge on any atom is 0.124 e. The van der Waals surface area contributed by atoms with Gasteiger partial charge in [0.1, 0.15) is 5.82 Å². The predicted octanol–water partition coefficient (Wildman–Crippen LogP) is 2.54. The van der Waals surface area contributed by atoms with E-state index in [0.29, 0.717) is 6.42 Å². The van der Waals surface area contributed by atoms with Crippen LogP contribution in [0.25, 0.3) is 0 Å². The zero-order chi connectivity index (χ0) is 13.1. The zero-order valence-electron chi connectivity index (χ0n) is 10.3. The summed E-state index contributed by atoms with van der Waals surface area (Å²) in [5.41, 5.74) is 0.832. The predicted molar refractivity (Wildman–Crippen MR) is 77.6 cm³/mol. The van der Waals surface area contributed by atoms with E-state index in [-0.39, 0.29) is 11.9 Å². The molecular weight excluding hydrogens is 317 g/mol. The summed E-state index contributed by atoms with van der Waals surface area (Å²) in [6, 6.07) is 4.94. The van der Waals surface area contributed by atoms with Crippen LogP contribution in [0.1, 0.15) is 5.56 Å². The Morgan fingerprint density at radius 3 is 3.00 bits per heavy atom. The molecule has 1 saturated heterocycles. The average Bonchev–Trinajstić information content (AvgIpc) is 2.27. The molecule has 1 aliphatic rings. The molecule has 0 bridgehead atoms. The van der Waals surface area contributed by atoms with Crippen molar-refractivity contribution in [1.29, 1.82) is 0 Å². The summed E-state index contributed by atoms with van der Waals surface area (Å²) < 4.78 is 14.0. The maximum absolute atomic E-state index is 13.3. The normalized spacial score (nSPS) is 23.0. The van der Waals surface area contributed by atoms with Gasteiger partial charge in [0, 0.05) is 35.0 Å². The summed E-state index contributed by atoms with van der Waals surface area (Å²) in [4.78, 5) is 2.19. The first kappa shape index (κ1) is 14.3. The Morgan fingerprint density at radius 1 is 1.56 bits per heavy atom. The fourth-order valence-electron chi connectivity index (χ4n) is 2.22. The average molecular weight is 334 g/mol. The summed E-state index contributed by atoms with van der Waals surface area (Å²) in [6.07, 6.45) is 0.0443. The molecule has 1 heterocycles. The summed E-state index contributed by atoms with van der Waals surface area (Å²) in [6.45, 7) is 0.999. The summed E-state index contributed by atoms with van der Waals surface area (Å²) in [7, 11) is 2.04. The van der Waals surface area contributed by atoms with Crippen molar-refractivity contribution in [2.24, 2.45) is 0 Å². The van der Waals surface area contributed by atoms with Crippen LogP contribution in [0.4, 0.5) is 4.39 Å². The standard InChI is InChI=1S/C13H17BrFNOS/c1-16-2-3-18-8-12(16)13(17)6-9-4-10(14)7-11(15)5-9/h4-5,7,12-13,17H,2-3,6,8H2,1H3. The largest absolute Gasteiger partial charge is 0.391 e. The first-order valence-electron chi connectivity index (χ1n) is 5.97. The Balaban J connectivity index is 2.03. The van der Waals surface area contributed by atoms with E-state index in [1.165, 1.54) is 12.1 Å². The molecule has 0 aromatic heterocycles. The van der Waals surface area contributed by atoms with Crippen molar-refractivity contribution in [2.75, 3.05) is 25.1 Å². The SMILES string of the molecule is CN1CCSCC1C(O)Cc1cc(F)cc(Br)c1. The molecule has 2 atom stereocenters. The van der Waals surface area contributed by atoms with Gasteiger partial charge in [0.2, 0.25) is 0 Å². The van der Waals surface area contributed by atoms with Gasteiger partial charge in [-0.2, -0.15) is 11.8 Å². The number of aliphatic hydroxyl groups excluding tert-OH is 1. The number of likely N-dealkylation sites (N-methyl/N-ethyl adjacent to an activating group) is 1. The molecule has 2 unspecified atom stereocenters. The third-order valence-electron chi connectivity index (χ3n) is 3.25. The van der Waals surface area contributed by atoms with Crippen LogP contribution in [-0.4, -0.2) is 47.3 Å². The van der Waals surface area contributed by atoms with Crippen molar-refractivity contribution in [3.63, 3.8) is 0 Å². The second-order valence-corrected chi connectivity index (χ2v) is 6.74. The second kappa shape index (κ2) is 6.37. The van der Waals surface area contributed by atoms with Crippen molar-refractivity contribution in [3.05, 3.63) is 34.1 Å². The van der Waals surface area contributed by atoms with Gasteiger partial charge in [-0.3, -0.25) is 4.90 Å². The van der Waals surface area contributed by atoms with E-state index < -0.39 is 6.10 Å². The first-order chi connectivity index (χ1) is 8.56. The number of thioether (sulfide) groups is 1. The molecular formula is C13H17BrFNOS. The van der Waals surface area contributed by atoms with E-state index in [4.69, 9.17) is 0 Å². The van der Waals surface area contributed by atoms with E-state index in [1.54, 1.807) is 0 Å². The molecule has 1 aromatic rings.